The summed E-state index contributed by atoms with van der Waals surface area (Å²) in [6, 6.07) is 8.93. The van der Waals surface area contributed by atoms with Crippen molar-refractivity contribution in [2.45, 2.75) is 6.04 Å². The molecule has 0 atom stereocenters. The fraction of sp³-hybridized carbons (Fsp3) is 0.467. The van der Waals surface area contributed by atoms with Crippen LogP contribution in [0.5, 0.6) is 0 Å². The highest BCUT2D eigenvalue weighted by molar-refractivity contribution is 5.89. The first-order valence-corrected chi connectivity index (χ1v) is 7.31. The Hall–Kier alpha value is -1.72. The normalized spacial score (nSPS) is 21.1. The fourth-order valence-electron chi connectivity index (χ4n) is 3.15. The predicted molar refractivity (Wildman–Crippen MR) is 80.0 cm³/mol. The van der Waals surface area contributed by atoms with Crippen LogP contribution in [0.1, 0.15) is 0 Å². The molecule has 5 nitrogen and oxygen atoms in total. The zero-order valence-electron chi connectivity index (χ0n) is 11.5. The van der Waals surface area contributed by atoms with E-state index in [-0.39, 0.29) is 0 Å². The summed E-state index contributed by atoms with van der Waals surface area (Å²) in [6.07, 6.45) is 1.68. The van der Waals surface area contributed by atoms with E-state index in [0.29, 0.717) is 6.04 Å². The van der Waals surface area contributed by atoms with Crippen LogP contribution in [0.2, 0.25) is 0 Å². The summed E-state index contributed by atoms with van der Waals surface area (Å²) >= 11 is 0. The van der Waals surface area contributed by atoms with Crippen molar-refractivity contribution in [3.8, 4) is 0 Å². The van der Waals surface area contributed by atoms with Crippen LogP contribution < -0.4 is 10.2 Å². The molecule has 2 aromatic rings. The fourth-order valence-corrected chi connectivity index (χ4v) is 3.15. The summed E-state index contributed by atoms with van der Waals surface area (Å²) in [5.41, 5.74) is 1.03. The molecule has 2 fully saturated rings. The van der Waals surface area contributed by atoms with Gasteiger partial charge in [-0.25, -0.2) is 9.97 Å². The molecular weight excluding hydrogens is 250 g/mol. The summed E-state index contributed by atoms with van der Waals surface area (Å²) in [5.74, 6) is 1.09. The van der Waals surface area contributed by atoms with Gasteiger partial charge in [0.1, 0.15) is 12.1 Å². The van der Waals surface area contributed by atoms with Crippen LogP contribution >= 0.6 is 0 Å². The maximum absolute atomic E-state index is 4.49. The first-order chi connectivity index (χ1) is 9.92. The SMILES string of the molecule is c1ccc2c(N3CC(N4CCNCC4)C3)ncnc2c1. The Morgan fingerprint density at radius 2 is 1.85 bits per heavy atom. The standard InChI is InChI=1S/C15H19N5/c1-2-4-14-13(3-1)15(18-11-17-14)20-9-12(10-20)19-7-5-16-6-8-19/h1-4,11-12,16H,5-10H2. The van der Waals surface area contributed by atoms with Gasteiger partial charge in [0.25, 0.3) is 0 Å². The molecule has 2 aliphatic rings. The third kappa shape index (κ3) is 2.03. The number of aromatic nitrogens is 2. The number of nitrogens with zero attached hydrogens (tertiary/aromatic N) is 4. The summed E-state index contributed by atoms with van der Waals surface area (Å²) in [6.45, 7) is 6.74. The quantitative estimate of drug-likeness (QED) is 0.870. The highest BCUT2D eigenvalue weighted by Gasteiger charge is 2.33. The Labute approximate surface area is 118 Å². The summed E-state index contributed by atoms with van der Waals surface area (Å²) < 4.78 is 0. The molecule has 5 heteroatoms. The van der Waals surface area contributed by atoms with Gasteiger partial charge in [0, 0.05) is 50.7 Å². The first-order valence-electron chi connectivity index (χ1n) is 7.31. The lowest BCUT2D eigenvalue weighted by atomic mass is 10.1. The minimum Gasteiger partial charge on any atom is -0.353 e. The van der Waals surface area contributed by atoms with Crippen molar-refractivity contribution >= 4 is 16.7 Å². The molecule has 0 saturated carbocycles. The largest absolute Gasteiger partial charge is 0.353 e. The van der Waals surface area contributed by atoms with Crippen LogP contribution in [0, 0.1) is 0 Å². The van der Waals surface area contributed by atoms with Crippen LogP contribution in [0.3, 0.4) is 0 Å². The summed E-state index contributed by atoms with van der Waals surface area (Å²) in [4.78, 5) is 13.8. The second kappa shape index (κ2) is 5.00. The topological polar surface area (TPSA) is 44.3 Å². The van der Waals surface area contributed by atoms with Crippen molar-refractivity contribution in [2.24, 2.45) is 0 Å². The Morgan fingerprint density at radius 3 is 2.70 bits per heavy atom. The molecule has 104 valence electrons. The first kappa shape index (κ1) is 12.1. The van der Waals surface area contributed by atoms with Crippen LogP contribution in [0.15, 0.2) is 30.6 Å². The lowest BCUT2D eigenvalue weighted by Crippen LogP contribution is -2.63. The van der Waals surface area contributed by atoms with E-state index in [1.165, 1.54) is 13.1 Å². The van der Waals surface area contributed by atoms with Gasteiger partial charge in [-0.1, -0.05) is 12.1 Å². The monoisotopic (exact) mass is 269 g/mol. The molecule has 1 N–H and O–H groups in total. The minimum absolute atomic E-state index is 0.686. The average Bonchev–Trinajstić information content (AvgIpc) is 2.47. The van der Waals surface area contributed by atoms with Crippen LogP contribution in [0.4, 0.5) is 5.82 Å². The molecule has 20 heavy (non-hydrogen) atoms. The van der Waals surface area contributed by atoms with Crippen molar-refractivity contribution in [1.82, 2.24) is 20.2 Å². The number of rotatable bonds is 2. The van der Waals surface area contributed by atoms with Crippen molar-refractivity contribution in [1.29, 1.82) is 0 Å². The molecule has 4 rings (SSSR count). The van der Waals surface area contributed by atoms with E-state index in [1.807, 2.05) is 12.1 Å². The Morgan fingerprint density at radius 1 is 1.05 bits per heavy atom. The zero-order valence-corrected chi connectivity index (χ0v) is 11.5. The molecule has 3 heterocycles. The molecule has 1 aromatic carbocycles. The van der Waals surface area contributed by atoms with Gasteiger partial charge in [0.15, 0.2) is 0 Å². The maximum atomic E-state index is 4.49. The number of anilines is 1. The van der Waals surface area contributed by atoms with Gasteiger partial charge >= 0.3 is 0 Å². The van der Waals surface area contributed by atoms with E-state index in [2.05, 4.69) is 37.2 Å². The van der Waals surface area contributed by atoms with Gasteiger partial charge in [-0.05, 0) is 12.1 Å². The highest BCUT2D eigenvalue weighted by atomic mass is 15.3. The van der Waals surface area contributed by atoms with E-state index in [9.17, 15) is 0 Å². The van der Waals surface area contributed by atoms with Gasteiger partial charge in [0.2, 0.25) is 0 Å². The van der Waals surface area contributed by atoms with E-state index in [4.69, 9.17) is 0 Å². The number of hydrogen-bond donors (Lipinski definition) is 1. The molecule has 2 aliphatic heterocycles. The number of piperazine rings is 1. The van der Waals surface area contributed by atoms with E-state index < -0.39 is 0 Å². The number of benzene rings is 1. The summed E-state index contributed by atoms with van der Waals surface area (Å²) in [7, 11) is 0. The van der Waals surface area contributed by atoms with E-state index in [0.717, 1.165) is 42.9 Å². The van der Waals surface area contributed by atoms with Crippen molar-refractivity contribution < 1.29 is 0 Å². The zero-order chi connectivity index (χ0) is 13.4. The lowest BCUT2D eigenvalue weighted by molar-refractivity contribution is 0.147. The second-order valence-electron chi connectivity index (χ2n) is 5.56. The van der Waals surface area contributed by atoms with Gasteiger partial charge in [-0.15, -0.1) is 0 Å². The summed E-state index contributed by atoms with van der Waals surface area (Å²) in [5, 5.41) is 4.57. The van der Waals surface area contributed by atoms with Crippen molar-refractivity contribution in [3.05, 3.63) is 30.6 Å². The molecule has 0 aliphatic carbocycles. The molecular formula is C15H19N5. The number of para-hydroxylation sites is 1. The third-order valence-electron chi connectivity index (χ3n) is 4.35. The van der Waals surface area contributed by atoms with Crippen LogP contribution in [0.25, 0.3) is 10.9 Å². The molecule has 0 unspecified atom stereocenters. The lowest BCUT2D eigenvalue weighted by Gasteiger charge is -2.47. The molecule has 2 saturated heterocycles. The Bertz CT molecular complexity index is 597. The van der Waals surface area contributed by atoms with Crippen LogP contribution in [-0.2, 0) is 0 Å². The maximum Gasteiger partial charge on any atom is 0.139 e. The van der Waals surface area contributed by atoms with Crippen molar-refractivity contribution in [2.75, 3.05) is 44.2 Å². The molecule has 0 spiro atoms. The Kier molecular flexibility index (Phi) is 3.01. The second-order valence-corrected chi connectivity index (χ2v) is 5.56. The average molecular weight is 269 g/mol. The van der Waals surface area contributed by atoms with E-state index >= 15 is 0 Å². The molecule has 0 amide bonds. The minimum atomic E-state index is 0.686. The van der Waals surface area contributed by atoms with Gasteiger partial charge < -0.3 is 10.2 Å². The van der Waals surface area contributed by atoms with Crippen molar-refractivity contribution in [3.63, 3.8) is 0 Å². The predicted octanol–water partition coefficient (Wildman–Crippen LogP) is 0.724. The van der Waals surface area contributed by atoms with Gasteiger partial charge in [-0.2, -0.15) is 0 Å². The molecule has 1 aromatic heterocycles. The molecule has 0 radical (unpaired) electrons. The molecule has 0 bridgehead atoms. The van der Waals surface area contributed by atoms with E-state index in [1.54, 1.807) is 6.33 Å². The highest BCUT2D eigenvalue weighted by Crippen LogP contribution is 2.28. The number of fused-ring (bicyclic) bond motifs is 1. The van der Waals surface area contributed by atoms with Gasteiger partial charge in [-0.3, -0.25) is 4.90 Å². The van der Waals surface area contributed by atoms with Crippen LogP contribution in [-0.4, -0.2) is 60.2 Å². The number of nitrogens with one attached hydrogen (secondary N) is 1. The Balaban J connectivity index is 1.51. The number of hydrogen-bond acceptors (Lipinski definition) is 5. The van der Waals surface area contributed by atoms with Gasteiger partial charge in [0.05, 0.1) is 5.52 Å². The third-order valence-corrected chi connectivity index (χ3v) is 4.35. The smallest absolute Gasteiger partial charge is 0.139 e.